The van der Waals surface area contributed by atoms with Crippen LogP contribution in [0.25, 0.3) is 0 Å². The smallest absolute Gasteiger partial charge is 0.416 e. The monoisotopic (exact) mass is 505 g/mol. The lowest BCUT2D eigenvalue weighted by Gasteiger charge is -2.36. The minimum absolute atomic E-state index is 0.00574. The van der Waals surface area contributed by atoms with E-state index < -0.39 is 17.7 Å². The Hall–Kier alpha value is -2.78. The predicted octanol–water partition coefficient (Wildman–Crippen LogP) is 5.33. The van der Waals surface area contributed by atoms with Crippen molar-refractivity contribution in [2.45, 2.75) is 70.1 Å². The summed E-state index contributed by atoms with van der Waals surface area (Å²) in [6.07, 6.45) is -3.78. The molecular weight excluding hydrogens is 475 g/mol. The molecule has 36 heavy (non-hydrogen) atoms. The number of carbonyl (C=O) groups is 1. The fourth-order valence-corrected chi connectivity index (χ4v) is 5.82. The second-order valence-electron chi connectivity index (χ2n) is 10.1. The van der Waals surface area contributed by atoms with Gasteiger partial charge in [-0.3, -0.25) is 9.69 Å². The number of fused-ring (bicyclic) bond motifs is 2. The maximum Gasteiger partial charge on any atom is 0.416 e. The quantitative estimate of drug-likeness (QED) is 0.572. The van der Waals surface area contributed by atoms with Gasteiger partial charge >= 0.3 is 12.1 Å². The van der Waals surface area contributed by atoms with Crippen molar-refractivity contribution in [3.8, 4) is 11.5 Å². The van der Waals surface area contributed by atoms with Gasteiger partial charge in [-0.05, 0) is 55.5 Å². The van der Waals surface area contributed by atoms with E-state index in [9.17, 15) is 18.0 Å². The molecule has 194 valence electrons. The first-order valence-electron chi connectivity index (χ1n) is 12.3. The van der Waals surface area contributed by atoms with Gasteiger partial charge in [-0.1, -0.05) is 12.1 Å². The highest BCUT2D eigenvalue weighted by Crippen LogP contribution is 2.44. The van der Waals surface area contributed by atoms with Crippen molar-refractivity contribution in [1.29, 1.82) is 0 Å². The summed E-state index contributed by atoms with van der Waals surface area (Å²) in [5, 5.41) is 9.10. The average molecular weight is 506 g/mol. The fraction of sp³-hybridized carbons (Fsp3) is 0.519. The van der Waals surface area contributed by atoms with Crippen LogP contribution in [0.1, 0.15) is 66.5 Å². The highest BCUT2D eigenvalue weighted by Gasteiger charge is 2.38. The molecule has 2 aromatic carbocycles. The molecule has 1 fully saturated rings. The Bertz CT molecular complexity index is 1140. The maximum absolute atomic E-state index is 14.0. The predicted molar refractivity (Wildman–Crippen MR) is 125 cm³/mol. The Morgan fingerprint density at radius 3 is 2.56 bits per heavy atom. The van der Waals surface area contributed by atoms with Gasteiger partial charge in [0.2, 0.25) is 0 Å². The number of alkyl halides is 3. The first-order chi connectivity index (χ1) is 17.1. The van der Waals surface area contributed by atoms with Crippen LogP contribution in [0.15, 0.2) is 30.3 Å². The molecule has 2 heterocycles. The third-order valence-electron chi connectivity index (χ3n) is 7.22. The summed E-state index contributed by atoms with van der Waals surface area (Å²) in [6.45, 7) is 5.58. The summed E-state index contributed by atoms with van der Waals surface area (Å²) in [5.74, 6) is 0.0718. The van der Waals surface area contributed by atoms with Crippen LogP contribution < -0.4 is 9.47 Å². The minimum atomic E-state index is -4.43. The Morgan fingerprint density at radius 2 is 1.86 bits per heavy atom. The van der Waals surface area contributed by atoms with Crippen molar-refractivity contribution >= 4 is 5.97 Å². The molecule has 3 aliphatic rings. The summed E-state index contributed by atoms with van der Waals surface area (Å²) in [7, 11) is 0. The van der Waals surface area contributed by atoms with E-state index in [2.05, 4.69) is 0 Å². The molecule has 0 aromatic heterocycles. The highest BCUT2D eigenvalue weighted by molar-refractivity contribution is 5.68. The van der Waals surface area contributed by atoms with Gasteiger partial charge in [0.25, 0.3) is 0 Å². The molecule has 0 spiro atoms. The van der Waals surface area contributed by atoms with Gasteiger partial charge < -0.3 is 19.3 Å². The fourth-order valence-electron chi connectivity index (χ4n) is 5.82. The molecule has 0 radical (unpaired) electrons. The minimum Gasteiger partial charge on any atom is -0.492 e. The van der Waals surface area contributed by atoms with Gasteiger partial charge in [-0.25, -0.2) is 0 Å². The number of rotatable bonds is 6. The zero-order valence-corrected chi connectivity index (χ0v) is 20.3. The molecular formula is C27H30F3NO5. The normalized spacial score (nSPS) is 25.8. The molecule has 0 unspecified atom stereocenters. The topological polar surface area (TPSA) is 68.2 Å². The highest BCUT2D eigenvalue weighted by atomic mass is 19.4. The Balaban J connectivity index is 1.39. The van der Waals surface area contributed by atoms with E-state index in [-0.39, 0.29) is 37.2 Å². The number of benzene rings is 2. The Kier molecular flexibility index (Phi) is 6.63. The van der Waals surface area contributed by atoms with E-state index in [1.54, 1.807) is 18.2 Å². The van der Waals surface area contributed by atoms with Crippen LogP contribution in [-0.4, -0.2) is 47.9 Å². The molecule has 1 aliphatic carbocycles. The summed E-state index contributed by atoms with van der Waals surface area (Å²) in [4.78, 5) is 13.1. The van der Waals surface area contributed by atoms with Crippen molar-refractivity contribution in [3.05, 3.63) is 58.1 Å². The van der Waals surface area contributed by atoms with Crippen LogP contribution in [0.5, 0.6) is 11.5 Å². The van der Waals surface area contributed by atoms with Crippen LogP contribution in [0.2, 0.25) is 0 Å². The van der Waals surface area contributed by atoms with Crippen molar-refractivity contribution in [2.24, 2.45) is 0 Å². The van der Waals surface area contributed by atoms with Gasteiger partial charge in [0.05, 0.1) is 30.8 Å². The van der Waals surface area contributed by atoms with Crippen molar-refractivity contribution < 1.29 is 37.3 Å². The van der Waals surface area contributed by atoms with Gasteiger partial charge in [0, 0.05) is 37.2 Å². The van der Waals surface area contributed by atoms with Crippen LogP contribution in [-0.2, 0) is 28.7 Å². The second-order valence-corrected chi connectivity index (χ2v) is 10.1. The van der Waals surface area contributed by atoms with E-state index >= 15 is 0 Å². The first kappa shape index (κ1) is 24.9. The van der Waals surface area contributed by atoms with Crippen LogP contribution in [0, 0.1) is 0 Å². The summed E-state index contributed by atoms with van der Waals surface area (Å²) in [6, 6.07) is 8.08. The standard InChI is InChI=1S/C27H30F3NO5/c1-15-11-31(12-16(2)35-15)13-22-20-6-8-24(21(20)5-7-23(22)27(28,29)30)36-18-3-4-19-17(9-26(32)33)14-34-25(19)10-18/h3-5,7,10,15-17,24H,6,8-9,11-14H2,1-2H3,(H,32,33)/t15-,16+,17-,24-/m1/s1. The number of carboxylic acid groups (broad SMARTS) is 1. The molecule has 0 amide bonds. The molecule has 1 N–H and O–H groups in total. The third-order valence-corrected chi connectivity index (χ3v) is 7.22. The number of nitrogens with zero attached hydrogens (tertiary/aromatic N) is 1. The molecule has 2 aromatic rings. The molecule has 6 nitrogen and oxygen atoms in total. The lowest BCUT2D eigenvalue weighted by molar-refractivity contribution is -0.139. The number of hydrogen-bond acceptors (Lipinski definition) is 5. The van der Waals surface area contributed by atoms with Gasteiger partial charge in [-0.2, -0.15) is 13.2 Å². The van der Waals surface area contributed by atoms with Gasteiger partial charge in [-0.15, -0.1) is 0 Å². The maximum atomic E-state index is 14.0. The summed E-state index contributed by atoms with van der Waals surface area (Å²) in [5.41, 5.74) is 2.10. The van der Waals surface area contributed by atoms with Crippen molar-refractivity contribution in [3.63, 3.8) is 0 Å². The van der Waals surface area contributed by atoms with Gasteiger partial charge in [0.15, 0.2) is 0 Å². The van der Waals surface area contributed by atoms with Crippen LogP contribution >= 0.6 is 0 Å². The first-order valence-corrected chi connectivity index (χ1v) is 12.3. The second kappa shape index (κ2) is 9.59. The van der Waals surface area contributed by atoms with E-state index in [1.807, 2.05) is 24.8 Å². The number of aliphatic carboxylic acids is 1. The van der Waals surface area contributed by atoms with Crippen molar-refractivity contribution in [2.75, 3.05) is 19.7 Å². The molecule has 5 rings (SSSR count). The zero-order chi connectivity index (χ0) is 25.6. The van der Waals surface area contributed by atoms with E-state index in [1.165, 1.54) is 6.07 Å². The Morgan fingerprint density at radius 1 is 1.14 bits per heavy atom. The van der Waals surface area contributed by atoms with E-state index in [0.29, 0.717) is 49.6 Å². The van der Waals surface area contributed by atoms with E-state index in [4.69, 9.17) is 19.3 Å². The molecule has 0 saturated carbocycles. The molecule has 4 atom stereocenters. The largest absolute Gasteiger partial charge is 0.492 e. The molecule has 9 heteroatoms. The number of carboxylic acids is 1. The number of hydrogen-bond donors (Lipinski definition) is 1. The van der Waals surface area contributed by atoms with Gasteiger partial charge in [0.1, 0.15) is 17.6 Å². The average Bonchev–Trinajstić information content (AvgIpc) is 3.36. The zero-order valence-electron chi connectivity index (χ0n) is 20.3. The lowest BCUT2D eigenvalue weighted by atomic mass is 9.95. The van der Waals surface area contributed by atoms with E-state index in [0.717, 1.165) is 16.7 Å². The lowest BCUT2D eigenvalue weighted by Crippen LogP contribution is -2.45. The molecule has 0 bridgehead atoms. The van der Waals surface area contributed by atoms with Crippen LogP contribution in [0.4, 0.5) is 13.2 Å². The molecule has 1 saturated heterocycles. The number of ether oxygens (including phenoxy) is 3. The molecule has 2 aliphatic heterocycles. The third kappa shape index (κ3) is 5.04. The number of morpholine rings is 1. The SMILES string of the molecule is C[C@@H]1CN(Cc2c(C(F)(F)F)ccc3c2CC[C@H]3Oc2ccc3c(c2)OC[C@H]3CC(=O)O)C[C@H](C)O1. The number of halogens is 3. The summed E-state index contributed by atoms with van der Waals surface area (Å²) < 4.78 is 59.6. The summed E-state index contributed by atoms with van der Waals surface area (Å²) >= 11 is 0. The van der Waals surface area contributed by atoms with Crippen molar-refractivity contribution in [1.82, 2.24) is 4.90 Å². The van der Waals surface area contributed by atoms with Crippen LogP contribution in [0.3, 0.4) is 0 Å². The Labute approximate surface area is 207 Å².